The van der Waals surface area contributed by atoms with Crippen LogP contribution in [0.25, 0.3) is 0 Å². The van der Waals surface area contributed by atoms with E-state index in [1.54, 1.807) is 11.3 Å². The predicted molar refractivity (Wildman–Crippen MR) is 64.8 cm³/mol. The Bertz CT molecular complexity index is 461. The highest BCUT2D eigenvalue weighted by atomic mass is 32.1. The van der Waals surface area contributed by atoms with Gasteiger partial charge in [-0.25, -0.2) is 0 Å². The van der Waals surface area contributed by atoms with E-state index in [1.807, 2.05) is 13.8 Å². The van der Waals surface area contributed by atoms with Gasteiger partial charge >= 0.3 is 6.01 Å². The topological polar surface area (TPSA) is 51.0 Å². The minimum absolute atomic E-state index is 0.295. The average Bonchev–Trinajstić information content (AvgIpc) is 2.83. The van der Waals surface area contributed by atoms with Gasteiger partial charge < -0.3 is 9.84 Å². The minimum Gasteiger partial charge on any atom is -0.333 e. The third-order valence-corrected chi connectivity index (χ3v) is 3.17. The molecule has 0 spiro atoms. The van der Waals surface area contributed by atoms with Crippen molar-refractivity contribution in [3.05, 3.63) is 27.7 Å². The lowest BCUT2D eigenvalue weighted by Gasteiger charge is -1.96. The van der Waals surface area contributed by atoms with E-state index < -0.39 is 0 Å². The van der Waals surface area contributed by atoms with Crippen molar-refractivity contribution in [2.45, 2.75) is 33.2 Å². The van der Waals surface area contributed by atoms with E-state index in [0.29, 0.717) is 11.9 Å². The fraction of sp³-hybridized carbons (Fsp3) is 0.455. The van der Waals surface area contributed by atoms with Crippen molar-refractivity contribution in [2.24, 2.45) is 0 Å². The fourth-order valence-corrected chi connectivity index (χ4v) is 2.11. The van der Waals surface area contributed by atoms with Crippen molar-refractivity contribution < 1.29 is 4.52 Å². The van der Waals surface area contributed by atoms with Crippen LogP contribution in [-0.2, 0) is 6.54 Å². The molecule has 16 heavy (non-hydrogen) atoms. The highest BCUT2D eigenvalue weighted by Crippen LogP contribution is 2.17. The van der Waals surface area contributed by atoms with E-state index >= 15 is 0 Å². The lowest BCUT2D eigenvalue weighted by molar-refractivity contribution is 0.419. The molecular weight excluding hydrogens is 222 g/mol. The first-order chi connectivity index (χ1) is 7.65. The van der Waals surface area contributed by atoms with Crippen LogP contribution in [0.15, 0.2) is 16.7 Å². The Morgan fingerprint density at radius 3 is 2.81 bits per heavy atom. The Morgan fingerprint density at radius 2 is 2.25 bits per heavy atom. The minimum atomic E-state index is 0.295. The monoisotopic (exact) mass is 237 g/mol. The SMILES string of the molecule is Cc1ccc(CNc2nc(C(C)C)no2)s1. The molecule has 0 aliphatic heterocycles. The number of hydrogen-bond donors (Lipinski definition) is 1. The zero-order valence-electron chi connectivity index (χ0n) is 9.65. The van der Waals surface area contributed by atoms with Crippen molar-refractivity contribution in [2.75, 3.05) is 5.32 Å². The molecule has 2 aromatic rings. The van der Waals surface area contributed by atoms with Crippen molar-refractivity contribution in [1.82, 2.24) is 10.1 Å². The van der Waals surface area contributed by atoms with Crippen LogP contribution in [0.5, 0.6) is 0 Å². The van der Waals surface area contributed by atoms with Crippen LogP contribution in [-0.4, -0.2) is 10.1 Å². The van der Waals surface area contributed by atoms with Crippen LogP contribution in [0.3, 0.4) is 0 Å². The number of nitrogens with zero attached hydrogens (tertiary/aromatic N) is 2. The summed E-state index contributed by atoms with van der Waals surface area (Å²) in [6, 6.07) is 4.71. The summed E-state index contributed by atoms with van der Waals surface area (Å²) in [6.07, 6.45) is 0. The second kappa shape index (κ2) is 4.65. The first-order valence-electron chi connectivity index (χ1n) is 5.28. The van der Waals surface area contributed by atoms with Crippen molar-refractivity contribution in [1.29, 1.82) is 0 Å². The van der Waals surface area contributed by atoms with Crippen LogP contribution >= 0.6 is 11.3 Å². The smallest absolute Gasteiger partial charge is 0.321 e. The number of aromatic nitrogens is 2. The van der Waals surface area contributed by atoms with Crippen molar-refractivity contribution in [3.63, 3.8) is 0 Å². The van der Waals surface area contributed by atoms with Crippen molar-refractivity contribution in [3.8, 4) is 0 Å². The van der Waals surface area contributed by atoms with Crippen molar-refractivity contribution >= 4 is 17.4 Å². The Labute approximate surface area is 98.7 Å². The van der Waals surface area contributed by atoms with Gasteiger partial charge in [0.2, 0.25) is 0 Å². The fourth-order valence-electron chi connectivity index (χ4n) is 1.28. The molecule has 0 amide bonds. The molecule has 0 aliphatic carbocycles. The van der Waals surface area contributed by atoms with Crippen LogP contribution < -0.4 is 5.32 Å². The standard InChI is InChI=1S/C11H15N3OS/c1-7(2)10-13-11(15-14-10)12-6-9-5-4-8(3)16-9/h4-5,7H,6H2,1-3H3,(H,12,13,14). The molecule has 0 unspecified atom stereocenters. The molecule has 0 aromatic carbocycles. The van der Waals surface area contributed by atoms with Gasteiger partial charge in [0, 0.05) is 15.7 Å². The molecule has 86 valence electrons. The number of nitrogens with one attached hydrogen (secondary N) is 1. The summed E-state index contributed by atoms with van der Waals surface area (Å²) in [5.74, 6) is 1.04. The maximum absolute atomic E-state index is 5.09. The molecule has 0 fully saturated rings. The van der Waals surface area contributed by atoms with Crippen LogP contribution in [0, 0.1) is 6.92 Å². The molecule has 0 bridgehead atoms. The number of hydrogen-bond acceptors (Lipinski definition) is 5. The molecule has 2 heterocycles. The van der Waals surface area contributed by atoms with Gasteiger partial charge in [-0.15, -0.1) is 11.3 Å². The summed E-state index contributed by atoms with van der Waals surface area (Å²) in [6.45, 7) is 6.91. The lowest BCUT2D eigenvalue weighted by atomic mass is 10.2. The summed E-state index contributed by atoms with van der Waals surface area (Å²) in [4.78, 5) is 6.82. The van der Waals surface area contributed by atoms with Gasteiger partial charge in [0.05, 0.1) is 6.54 Å². The van der Waals surface area contributed by atoms with E-state index in [9.17, 15) is 0 Å². The summed E-state index contributed by atoms with van der Waals surface area (Å²) < 4.78 is 5.09. The summed E-state index contributed by atoms with van der Waals surface area (Å²) >= 11 is 1.77. The van der Waals surface area contributed by atoms with Gasteiger partial charge in [0.25, 0.3) is 0 Å². The summed E-state index contributed by atoms with van der Waals surface area (Å²) in [7, 11) is 0. The maximum atomic E-state index is 5.09. The van der Waals surface area contributed by atoms with Gasteiger partial charge in [-0.2, -0.15) is 4.98 Å². The Balaban J connectivity index is 1.94. The van der Waals surface area contributed by atoms with Gasteiger partial charge in [0.15, 0.2) is 5.82 Å². The zero-order chi connectivity index (χ0) is 11.5. The maximum Gasteiger partial charge on any atom is 0.321 e. The largest absolute Gasteiger partial charge is 0.333 e. The van der Waals surface area contributed by atoms with Crippen LogP contribution in [0.1, 0.15) is 35.3 Å². The number of anilines is 1. The molecule has 5 heteroatoms. The van der Waals surface area contributed by atoms with Gasteiger partial charge in [-0.3, -0.25) is 0 Å². The van der Waals surface area contributed by atoms with E-state index in [0.717, 1.165) is 12.4 Å². The zero-order valence-corrected chi connectivity index (χ0v) is 10.5. The average molecular weight is 237 g/mol. The third kappa shape index (κ3) is 2.61. The molecule has 0 radical (unpaired) electrons. The quantitative estimate of drug-likeness (QED) is 0.887. The molecular formula is C11H15N3OS. The van der Waals surface area contributed by atoms with Gasteiger partial charge in [0.1, 0.15) is 0 Å². The summed E-state index contributed by atoms with van der Waals surface area (Å²) in [5, 5.41) is 7.01. The molecule has 0 aliphatic rings. The number of rotatable bonds is 4. The summed E-state index contributed by atoms with van der Waals surface area (Å²) in [5.41, 5.74) is 0. The lowest BCUT2D eigenvalue weighted by Crippen LogP contribution is -1.98. The van der Waals surface area contributed by atoms with E-state index in [2.05, 4.69) is 34.5 Å². The first-order valence-corrected chi connectivity index (χ1v) is 6.09. The number of aryl methyl sites for hydroxylation is 1. The molecule has 0 saturated heterocycles. The first kappa shape index (κ1) is 11.1. The van der Waals surface area contributed by atoms with E-state index in [1.165, 1.54) is 9.75 Å². The molecule has 4 nitrogen and oxygen atoms in total. The Hall–Kier alpha value is -1.36. The predicted octanol–water partition coefficient (Wildman–Crippen LogP) is 3.18. The normalized spacial score (nSPS) is 11.0. The van der Waals surface area contributed by atoms with Crippen LogP contribution in [0.2, 0.25) is 0 Å². The molecule has 0 saturated carbocycles. The highest BCUT2D eigenvalue weighted by molar-refractivity contribution is 7.11. The molecule has 2 aromatic heterocycles. The third-order valence-electron chi connectivity index (χ3n) is 2.17. The Morgan fingerprint density at radius 1 is 1.44 bits per heavy atom. The second-order valence-electron chi connectivity index (χ2n) is 3.98. The van der Waals surface area contributed by atoms with Crippen LogP contribution in [0.4, 0.5) is 6.01 Å². The van der Waals surface area contributed by atoms with Gasteiger partial charge in [-0.05, 0) is 19.1 Å². The second-order valence-corrected chi connectivity index (χ2v) is 5.35. The van der Waals surface area contributed by atoms with E-state index in [4.69, 9.17) is 4.52 Å². The molecule has 1 N–H and O–H groups in total. The molecule has 2 rings (SSSR count). The number of thiophene rings is 1. The van der Waals surface area contributed by atoms with E-state index in [-0.39, 0.29) is 0 Å². The Kier molecular flexibility index (Phi) is 3.24. The molecule has 0 atom stereocenters. The highest BCUT2D eigenvalue weighted by Gasteiger charge is 2.09. The van der Waals surface area contributed by atoms with Gasteiger partial charge in [-0.1, -0.05) is 19.0 Å².